The number of sulfonamides is 1. The minimum absolute atomic E-state index is 0. The fraction of sp³-hybridized carbons (Fsp3) is 0.500. The molecule has 2 rings (SSSR count). The van der Waals surface area contributed by atoms with Crippen LogP contribution in [0, 0.1) is 11.6 Å². The maximum Gasteiger partial charge on any atom is 0.246 e. The predicted octanol–water partition coefficient (Wildman–Crippen LogP) is 2.52. The first kappa shape index (κ1) is 18.8. The quantitative estimate of drug-likeness (QED) is 0.769. The summed E-state index contributed by atoms with van der Waals surface area (Å²) in [7, 11) is -4.06. The molecular weight excluding hydrogens is 390 g/mol. The number of benzene rings is 1. The molecule has 1 aromatic rings. The van der Waals surface area contributed by atoms with Crippen molar-refractivity contribution < 1.29 is 17.2 Å². The third kappa shape index (κ3) is 3.56. The van der Waals surface area contributed by atoms with Gasteiger partial charge in [-0.15, -0.1) is 12.4 Å². The first-order valence-electron chi connectivity index (χ1n) is 6.15. The van der Waals surface area contributed by atoms with E-state index in [0.29, 0.717) is 12.6 Å². The van der Waals surface area contributed by atoms with Gasteiger partial charge in [0.25, 0.3) is 0 Å². The summed E-state index contributed by atoms with van der Waals surface area (Å²) in [5.41, 5.74) is 0. The van der Waals surface area contributed by atoms with Gasteiger partial charge in [0.1, 0.15) is 16.5 Å². The van der Waals surface area contributed by atoms with Crippen LogP contribution in [0.15, 0.2) is 21.5 Å². The van der Waals surface area contributed by atoms with Crippen LogP contribution < -0.4 is 5.32 Å². The molecule has 0 saturated carbocycles. The summed E-state index contributed by atoms with van der Waals surface area (Å²) in [5.74, 6) is -1.77. The van der Waals surface area contributed by atoms with Crippen molar-refractivity contribution in [3.63, 3.8) is 0 Å². The first-order chi connectivity index (χ1) is 9.25. The normalized spacial score (nSPS) is 23.7. The molecule has 1 aliphatic heterocycles. The minimum atomic E-state index is -4.06. The summed E-state index contributed by atoms with van der Waals surface area (Å²) in [6.45, 7) is 4.29. The molecule has 1 fully saturated rings. The van der Waals surface area contributed by atoms with E-state index in [-0.39, 0.29) is 35.5 Å². The maximum atomic E-state index is 13.9. The van der Waals surface area contributed by atoms with E-state index in [1.165, 1.54) is 4.31 Å². The van der Waals surface area contributed by atoms with Crippen molar-refractivity contribution in [3.05, 3.63) is 28.2 Å². The van der Waals surface area contributed by atoms with Crippen LogP contribution in [-0.4, -0.2) is 37.9 Å². The van der Waals surface area contributed by atoms with Crippen LogP contribution in [0.5, 0.6) is 0 Å². The summed E-state index contributed by atoms with van der Waals surface area (Å²) in [5, 5.41) is 3.14. The molecule has 2 atom stereocenters. The number of hydrogen-bond donors (Lipinski definition) is 1. The Hall–Kier alpha value is -0.280. The zero-order valence-electron chi connectivity index (χ0n) is 11.4. The van der Waals surface area contributed by atoms with Crippen molar-refractivity contribution in [2.45, 2.75) is 30.8 Å². The van der Waals surface area contributed by atoms with Crippen LogP contribution in [0.3, 0.4) is 0 Å². The van der Waals surface area contributed by atoms with Gasteiger partial charge in [-0.2, -0.15) is 4.31 Å². The summed E-state index contributed by atoms with van der Waals surface area (Å²) in [6, 6.07) is 1.16. The Kier molecular flexibility index (Phi) is 6.14. The van der Waals surface area contributed by atoms with Crippen LogP contribution in [0.25, 0.3) is 0 Å². The van der Waals surface area contributed by atoms with E-state index in [9.17, 15) is 17.2 Å². The molecule has 120 valence electrons. The van der Waals surface area contributed by atoms with Gasteiger partial charge in [0.05, 0.1) is 4.47 Å². The lowest BCUT2D eigenvalue weighted by Gasteiger charge is -2.37. The number of halogens is 4. The Morgan fingerprint density at radius 2 is 1.90 bits per heavy atom. The molecule has 0 radical (unpaired) electrons. The Balaban J connectivity index is 0.00000220. The van der Waals surface area contributed by atoms with E-state index in [1.54, 1.807) is 6.92 Å². The third-order valence-electron chi connectivity index (χ3n) is 3.54. The van der Waals surface area contributed by atoms with Crippen LogP contribution in [-0.2, 0) is 10.0 Å². The highest BCUT2D eigenvalue weighted by Crippen LogP contribution is 2.27. The van der Waals surface area contributed by atoms with Crippen LogP contribution >= 0.6 is 28.3 Å². The highest BCUT2D eigenvalue weighted by molar-refractivity contribution is 9.10. The number of rotatable bonds is 2. The summed E-state index contributed by atoms with van der Waals surface area (Å²) in [4.78, 5) is -0.626. The molecule has 0 spiro atoms. The van der Waals surface area contributed by atoms with Crippen LogP contribution in [0.4, 0.5) is 8.78 Å². The second kappa shape index (κ2) is 6.87. The van der Waals surface area contributed by atoms with Gasteiger partial charge in [-0.05, 0) is 41.9 Å². The maximum absolute atomic E-state index is 13.9. The highest BCUT2D eigenvalue weighted by Gasteiger charge is 2.36. The predicted molar refractivity (Wildman–Crippen MR) is 82.1 cm³/mol. The van der Waals surface area contributed by atoms with Crippen LogP contribution in [0.1, 0.15) is 13.8 Å². The molecule has 21 heavy (non-hydrogen) atoms. The standard InChI is InChI=1S/C12H15BrF2N2O2S.ClH/c1-7-8(2)17(4-3-16-7)20(18,19)12-6-10(14)9(13)5-11(12)15;/h5-8,16H,3-4H2,1-2H3;1H. The monoisotopic (exact) mass is 404 g/mol. The fourth-order valence-corrected chi connectivity index (χ4v) is 4.27. The second-order valence-corrected chi connectivity index (χ2v) is 7.51. The topological polar surface area (TPSA) is 49.4 Å². The summed E-state index contributed by atoms with van der Waals surface area (Å²) in [6.07, 6.45) is 0. The van der Waals surface area contributed by atoms with Crippen LogP contribution in [0.2, 0.25) is 0 Å². The summed E-state index contributed by atoms with van der Waals surface area (Å²) < 4.78 is 53.5. The van der Waals surface area contributed by atoms with Crippen molar-refractivity contribution >= 4 is 38.4 Å². The lowest BCUT2D eigenvalue weighted by Crippen LogP contribution is -2.57. The number of nitrogens with zero attached hydrogens (tertiary/aromatic N) is 1. The van der Waals surface area contributed by atoms with Crippen molar-refractivity contribution in [3.8, 4) is 0 Å². The summed E-state index contributed by atoms with van der Waals surface area (Å²) >= 11 is 2.83. The third-order valence-corrected chi connectivity index (χ3v) is 6.15. The van der Waals surface area contributed by atoms with Gasteiger partial charge >= 0.3 is 0 Å². The molecule has 2 unspecified atom stereocenters. The Labute approximate surface area is 137 Å². The van der Waals surface area contributed by atoms with Crippen molar-refractivity contribution in [1.82, 2.24) is 9.62 Å². The highest BCUT2D eigenvalue weighted by atomic mass is 79.9. The molecular formula is C12H16BrClF2N2O2S. The molecule has 1 aromatic carbocycles. The van der Waals surface area contributed by atoms with Gasteiger partial charge in [0.2, 0.25) is 10.0 Å². The second-order valence-electron chi connectivity index (χ2n) is 4.80. The van der Waals surface area contributed by atoms with Gasteiger partial charge in [0.15, 0.2) is 0 Å². The van der Waals surface area contributed by atoms with Crippen molar-refractivity contribution in [1.29, 1.82) is 0 Å². The van der Waals surface area contributed by atoms with Crippen molar-refractivity contribution in [2.24, 2.45) is 0 Å². The Bertz CT molecular complexity index is 630. The lowest BCUT2D eigenvalue weighted by molar-refractivity contribution is 0.232. The molecule has 0 bridgehead atoms. The van der Waals surface area contributed by atoms with E-state index in [0.717, 1.165) is 6.07 Å². The van der Waals surface area contributed by atoms with E-state index >= 15 is 0 Å². The number of piperazine rings is 1. The molecule has 0 amide bonds. The molecule has 0 aromatic heterocycles. The fourth-order valence-electron chi connectivity index (χ4n) is 2.19. The number of hydrogen-bond acceptors (Lipinski definition) is 3. The number of nitrogens with one attached hydrogen (secondary N) is 1. The smallest absolute Gasteiger partial charge is 0.246 e. The molecule has 4 nitrogen and oxygen atoms in total. The van der Waals surface area contributed by atoms with Gasteiger partial charge in [-0.3, -0.25) is 0 Å². The van der Waals surface area contributed by atoms with Gasteiger partial charge in [-0.1, -0.05) is 0 Å². The van der Waals surface area contributed by atoms with E-state index in [2.05, 4.69) is 21.2 Å². The molecule has 1 heterocycles. The molecule has 9 heteroatoms. The van der Waals surface area contributed by atoms with E-state index in [1.807, 2.05) is 6.92 Å². The Morgan fingerprint density at radius 3 is 2.52 bits per heavy atom. The Morgan fingerprint density at radius 1 is 1.29 bits per heavy atom. The lowest BCUT2D eigenvalue weighted by atomic mass is 10.1. The van der Waals surface area contributed by atoms with E-state index < -0.39 is 26.6 Å². The van der Waals surface area contributed by atoms with Gasteiger partial charge < -0.3 is 5.32 Å². The average molecular weight is 406 g/mol. The SMILES string of the molecule is CC1NCCN(S(=O)(=O)c2cc(F)c(Br)cc2F)C1C.Cl. The molecule has 1 N–H and O–H groups in total. The molecule has 1 aliphatic rings. The minimum Gasteiger partial charge on any atom is -0.311 e. The average Bonchev–Trinajstić information content (AvgIpc) is 2.36. The zero-order chi connectivity index (χ0) is 15.1. The van der Waals surface area contributed by atoms with Gasteiger partial charge in [-0.25, -0.2) is 17.2 Å². The largest absolute Gasteiger partial charge is 0.311 e. The van der Waals surface area contributed by atoms with E-state index in [4.69, 9.17) is 0 Å². The first-order valence-corrected chi connectivity index (χ1v) is 8.38. The van der Waals surface area contributed by atoms with Gasteiger partial charge in [0, 0.05) is 25.2 Å². The van der Waals surface area contributed by atoms with Crippen molar-refractivity contribution in [2.75, 3.05) is 13.1 Å². The molecule has 0 aliphatic carbocycles. The zero-order valence-corrected chi connectivity index (χ0v) is 14.7. The molecule has 1 saturated heterocycles.